The smallest absolute Gasteiger partial charge is 0.350 e. The maximum absolute atomic E-state index is 11.7. The fourth-order valence-electron chi connectivity index (χ4n) is 1.64. The van der Waals surface area contributed by atoms with E-state index < -0.39 is 11.9 Å². The Balaban J connectivity index is 2.66. The van der Waals surface area contributed by atoms with Crippen molar-refractivity contribution >= 4 is 62.2 Å². The Kier molecular flexibility index (Phi) is 4.29. The van der Waals surface area contributed by atoms with Gasteiger partial charge in [0.15, 0.2) is 0 Å². The molecule has 0 bridgehead atoms. The highest BCUT2D eigenvalue weighted by Gasteiger charge is 2.22. The molecule has 100 valence electrons. The van der Waals surface area contributed by atoms with Crippen LogP contribution < -0.4 is 5.32 Å². The van der Waals surface area contributed by atoms with E-state index in [1.54, 1.807) is 12.1 Å². The third-order valence-electron chi connectivity index (χ3n) is 2.42. The first-order valence-electron chi connectivity index (χ1n) is 5.23. The molecule has 0 saturated carbocycles. The summed E-state index contributed by atoms with van der Waals surface area (Å²) in [6, 6.07) is 5.28. The molecule has 2 rings (SSSR count). The summed E-state index contributed by atoms with van der Waals surface area (Å²) in [6.45, 7) is 0. The van der Waals surface area contributed by atoms with Crippen molar-refractivity contribution in [3.8, 4) is 0 Å². The molecule has 7 heteroatoms. The van der Waals surface area contributed by atoms with Crippen molar-refractivity contribution in [2.24, 2.45) is 0 Å². The van der Waals surface area contributed by atoms with Crippen LogP contribution in [0.2, 0.25) is 5.02 Å². The van der Waals surface area contributed by atoms with E-state index in [1.165, 1.54) is 18.4 Å². The molecule has 0 unspecified atom stereocenters. The first-order chi connectivity index (χ1) is 9.08. The Bertz CT molecular complexity index is 654. The molecule has 4 nitrogen and oxygen atoms in total. The minimum Gasteiger partial charge on any atom is -0.465 e. The Morgan fingerprint density at radius 1 is 1.42 bits per heavy atom. The molecule has 0 saturated heterocycles. The molecule has 0 aliphatic rings. The summed E-state index contributed by atoms with van der Waals surface area (Å²) in [7, 11) is 1.28. The SMILES string of the molecule is COC(=O)c1sc2cccc(Cl)c2c1NC(=O)CCl. The number of methoxy groups -OCH3 is 1. The van der Waals surface area contributed by atoms with Crippen molar-refractivity contribution in [1.29, 1.82) is 0 Å². The minimum absolute atomic E-state index is 0.206. The van der Waals surface area contributed by atoms with Gasteiger partial charge in [0.05, 0.1) is 17.8 Å². The summed E-state index contributed by atoms with van der Waals surface area (Å²) in [5.41, 5.74) is 0.350. The van der Waals surface area contributed by atoms with Crippen LogP contribution in [0.1, 0.15) is 9.67 Å². The average molecular weight is 318 g/mol. The first kappa shape index (κ1) is 14.1. The molecule has 0 aliphatic carbocycles. The quantitative estimate of drug-likeness (QED) is 0.696. The van der Waals surface area contributed by atoms with Gasteiger partial charge in [0, 0.05) is 10.1 Å². The molecule has 0 radical (unpaired) electrons. The second-order valence-corrected chi connectivity index (χ2v) is 5.32. The van der Waals surface area contributed by atoms with Gasteiger partial charge in [-0.2, -0.15) is 0 Å². The Hall–Kier alpha value is -1.30. The number of hydrogen-bond acceptors (Lipinski definition) is 4. The summed E-state index contributed by atoms with van der Waals surface area (Å²) >= 11 is 12.8. The molecule has 1 N–H and O–H groups in total. The zero-order valence-corrected chi connectivity index (χ0v) is 12.2. The summed E-state index contributed by atoms with van der Waals surface area (Å²) in [5, 5.41) is 3.66. The molecular weight excluding hydrogens is 309 g/mol. The van der Waals surface area contributed by atoms with Gasteiger partial charge in [0.1, 0.15) is 10.8 Å². The van der Waals surface area contributed by atoms with E-state index in [4.69, 9.17) is 27.9 Å². The molecule has 0 fully saturated rings. The van der Waals surface area contributed by atoms with Crippen LogP contribution in [0.15, 0.2) is 18.2 Å². The Morgan fingerprint density at radius 2 is 2.16 bits per heavy atom. The second-order valence-electron chi connectivity index (χ2n) is 3.59. The lowest BCUT2D eigenvalue weighted by Gasteiger charge is -2.05. The molecular formula is C12H9Cl2NO3S. The van der Waals surface area contributed by atoms with Crippen molar-refractivity contribution in [2.45, 2.75) is 0 Å². The molecule has 19 heavy (non-hydrogen) atoms. The normalized spacial score (nSPS) is 10.5. The molecule has 1 aromatic carbocycles. The number of carbonyl (C=O) groups excluding carboxylic acids is 2. The monoisotopic (exact) mass is 317 g/mol. The van der Waals surface area contributed by atoms with Gasteiger partial charge in [-0.05, 0) is 12.1 Å². The Labute approximate surface area is 123 Å². The van der Waals surface area contributed by atoms with Gasteiger partial charge in [-0.25, -0.2) is 4.79 Å². The van der Waals surface area contributed by atoms with Crippen molar-refractivity contribution in [3.63, 3.8) is 0 Å². The molecule has 2 aromatic rings. The van der Waals surface area contributed by atoms with Gasteiger partial charge in [-0.3, -0.25) is 4.79 Å². The molecule has 0 spiro atoms. The minimum atomic E-state index is -0.526. The number of esters is 1. The summed E-state index contributed by atoms with van der Waals surface area (Å²) < 4.78 is 5.50. The van der Waals surface area contributed by atoms with Crippen LogP contribution in [0, 0.1) is 0 Å². The van der Waals surface area contributed by atoms with E-state index in [-0.39, 0.29) is 5.88 Å². The van der Waals surface area contributed by atoms with Gasteiger partial charge in [0.2, 0.25) is 5.91 Å². The zero-order chi connectivity index (χ0) is 14.0. The number of fused-ring (bicyclic) bond motifs is 1. The topological polar surface area (TPSA) is 55.4 Å². The third kappa shape index (κ3) is 2.68. The predicted molar refractivity (Wildman–Crippen MR) is 77.5 cm³/mol. The van der Waals surface area contributed by atoms with Gasteiger partial charge in [0.25, 0.3) is 0 Å². The lowest BCUT2D eigenvalue weighted by atomic mass is 10.2. The van der Waals surface area contributed by atoms with E-state index >= 15 is 0 Å². The zero-order valence-electron chi connectivity index (χ0n) is 9.83. The third-order valence-corrected chi connectivity index (χ3v) is 4.11. The maximum atomic E-state index is 11.7. The summed E-state index contributed by atoms with van der Waals surface area (Å²) in [5.74, 6) is -1.14. The first-order valence-corrected chi connectivity index (χ1v) is 6.96. The highest BCUT2D eigenvalue weighted by atomic mass is 35.5. The fourth-order valence-corrected chi connectivity index (χ4v) is 3.13. The lowest BCUT2D eigenvalue weighted by Crippen LogP contribution is -2.14. The number of benzene rings is 1. The number of anilines is 1. The highest BCUT2D eigenvalue weighted by molar-refractivity contribution is 7.21. The van der Waals surface area contributed by atoms with Crippen LogP contribution >= 0.6 is 34.5 Å². The van der Waals surface area contributed by atoms with Crippen LogP contribution in [-0.2, 0) is 9.53 Å². The number of halogens is 2. The van der Waals surface area contributed by atoms with Crippen molar-refractivity contribution in [3.05, 3.63) is 28.1 Å². The van der Waals surface area contributed by atoms with E-state index in [0.29, 0.717) is 21.0 Å². The summed E-state index contributed by atoms with van der Waals surface area (Å²) in [6.07, 6.45) is 0. The average Bonchev–Trinajstić information content (AvgIpc) is 2.78. The van der Waals surface area contributed by atoms with Crippen LogP contribution in [0.25, 0.3) is 10.1 Å². The second kappa shape index (κ2) is 5.77. The number of rotatable bonds is 3. The van der Waals surface area contributed by atoms with E-state index in [2.05, 4.69) is 5.32 Å². The number of hydrogen-bond donors (Lipinski definition) is 1. The fraction of sp³-hybridized carbons (Fsp3) is 0.167. The molecule has 1 heterocycles. The summed E-state index contributed by atoms with van der Waals surface area (Å²) in [4.78, 5) is 23.5. The van der Waals surface area contributed by atoms with E-state index in [0.717, 1.165) is 4.70 Å². The van der Waals surface area contributed by atoms with Crippen molar-refractivity contribution in [1.82, 2.24) is 0 Å². The maximum Gasteiger partial charge on any atom is 0.350 e. The largest absolute Gasteiger partial charge is 0.465 e. The van der Waals surface area contributed by atoms with Crippen LogP contribution in [-0.4, -0.2) is 24.9 Å². The van der Waals surface area contributed by atoms with Gasteiger partial charge in [-0.1, -0.05) is 17.7 Å². The number of ether oxygens (including phenoxy) is 1. The lowest BCUT2D eigenvalue weighted by molar-refractivity contribution is -0.113. The van der Waals surface area contributed by atoms with Gasteiger partial charge in [-0.15, -0.1) is 22.9 Å². The number of thiophene rings is 1. The van der Waals surface area contributed by atoms with Crippen molar-refractivity contribution < 1.29 is 14.3 Å². The number of carbonyl (C=O) groups is 2. The van der Waals surface area contributed by atoms with Crippen molar-refractivity contribution in [2.75, 3.05) is 18.3 Å². The van der Waals surface area contributed by atoms with Gasteiger partial charge >= 0.3 is 5.97 Å². The van der Waals surface area contributed by atoms with Gasteiger partial charge < -0.3 is 10.1 Å². The van der Waals surface area contributed by atoms with Crippen LogP contribution in [0.3, 0.4) is 0 Å². The standard InChI is InChI=1S/C12H9Cl2NO3S/c1-18-12(17)11-10(15-8(16)5-13)9-6(14)3-2-4-7(9)19-11/h2-4H,5H2,1H3,(H,15,16). The Morgan fingerprint density at radius 3 is 2.79 bits per heavy atom. The van der Waals surface area contributed by atoms with E-state index in [9.17, 15) is 9.59 Å². The van der Waals surface area contributed by atoms with Crippen LogP contribution in [0.4, 0.5) is 5.69 Å². The molecule has 0 atom stereocenters. The van der Waals surface area contributed by atoms with Crippen LogP contribution in [0.5, 0.6) is 0 Å². The number of amides is 1. The van der Waals surface area contributed by atoms with E-state index in [1.807, 2.05) is 6.07 Å². The molecule has 1 aromatic heterocycles. The number of alkyl halides is 1. The highest BCUT2D eigenvalue weighted by Crippen LogP contribution is 2.40. The predicted octanol–water partition coefficient (Wildman–Crippen LogP) is 3.52. The number of nitrogens with one attached hydrogen (secondary N) is 1. The molecule has 1 amide bonds. The molecule has 0 aliphatic heterocycles.